The van der Waals surface area contributed by atoms with Crippen LogP contribution in [0.4, 0.5) is 13.2 Å². The van der Waals surface area contributed by atoms with Crippen molar-refractivity contribution in [2.45, 2.75) is 13.1 Å². The predicted octanol–water partition coefficient (Wildman–Crippen LogP) is 4.37. The zero-order chi connectivity index (χ0) is 22.6. The molecule has 2 aromatic rings. The van der Waals surface area contributed by atoms with Crippen LogP contribution in [0.2, 0.25) is 5.02 Å². The number of oxime groups is 1. The lowest BCUT2D eigenvalue weighted by Gasteiger charge is -2.14. The third kappa shape index (κ3) is 5.22. The summed E-state index contributed by atoms with van der Waals surface area (Å²) in [6, 6.07) is 4.42. The van der Waals surface area contributed by atoms with Crippen molar-refractivity contribution in [3.63, 3.8) is 0 Å². The molecule has 0 unspecified atom stereocenters. The molecule has 1 aromatic heterocycles. The molecule has 0 bridgehead atoms. The fourth-order valence-electron chi connectivity index (χ4n) is 2.39. The van der Waals surface area contributed by atoms with E-state index in [4.69, 9.17) is 28.0 Å². The average molecular weight is 462 g/mol. The molecule has 6 nitrogen and oxygen atoms in total. The van der Waals surface area contributed by atoms with Crippen LogP contribution in [0.1, 0.15) is 18.2 Å². The van der Waals surface area contributed by atoms with Crippen molar-refractivity contribution in [1.29, 1.82) is 0 Å². The maximum atomic E-state index is 13.0. The number of halogens is 5. The molecule has 11 heteroatoms. The molecule has 0 saturated heterocycles. The van der Waals surface area contributed by atoms with Gasteiger partial charge in [-0.15, -0.1) is 0 Å². The van der Waals surface area contributed by atoms with Gasteiger partial charge in [-0.05, 0) is 36.8 Å². The van der Waals surface area contributed by atoms with Crippen LogP contribution in [-0.2, 0) is 18.1 Å². The number of rotatable bonds is 6. The van der Waals surface area contributed by atoms with E-state index in [2.05, 4.69) is 11.7 Å². The maximum Gasteiger partial charge on any atom is 0.431 e. The van der Waals surface area contributed by atoms with Gasteiger partial charge in [0.15, 0.2) is 0 Å². The first-order valence-electron chi connectivity index (χ1n) is 8.32. The zero-order valence-corrected chi connectivity index (χ0v) is 17.3. The Labute approximate surface area is 179 Å². The van der Waals surface area contributed by atoms with E-state index in [0.717, 1.165) is 7.05 Å². The molecule has 0 aliphatic rings. The highest BCUT2D eigenvalue weighted by atomic mass is 35.5. The van der Waals surface area contributed by atoms with Gasteiger partial charge in [-0.25, -0.2) is 9.36 Å². The van der Waals surface area contributed by atoms with Crippen molar-refractivity contribution in [3.05, 3.63) is 79.1 Å². The molecule has 160 valence electrons. The Bertz CT molecular complexity index is 1150. The molecular formula is C19H16Cl2F3N3O3. The van der Waals surface area contributed by atoms with Crippen molar-refractivity contribution in [2.75, 3.05) is 6.61 Å². The van der Waals surface area contributed by atoms with E-state index in [0.29, 0.717) is 26.5 Å². The summed E-state index contributed by atoms with van der Waals surface area (Å²) in [6.45, 7) is 5.24. The van der Waals surface area contributed by atoms with Gasteiger partial charge in [0, 0.05) is 18.1 Å². The summed E-state index contributed by atoms with van der Waals surface area (Å²) < 4.78 is 40.0. The van der Waals surface area contributed by atoms with Crippen molar-refractivity contribution < 1.29 is 18.0 Å². The van der Waals surface area contributed by atoms with Crippen LogP contribution < -0.4 is 11.2 Å². The third-order valence-corrected chi connectivity index (χ3v) is 4.60. The van der Waals surface area contributed by atoms with Gasteiger partial charge in [0.1, 0.15) is 12.3 Å². The van der Waals surface area contributed by atoms with Crippen molar-refractivity contribution in [2.24, 2.45) is 12.2 Å². The van der Waals surface area contributed by atoms with Crippen LogP contribution in [0.5, 0.6) is 0 Å². The smallest absolute Gasteiger partial charge is 0.391 e. The summed E-state index contributed by atoms with van der Waals surface area (Å²) in [7, 11) is 0.928. The minimum absolute atomic E-state index is 0.0203. The van der Waals surface area contributed by atoms with E-state index >= 15 is 0 Å². The molecular weight excluding hydrogens is 446 g/mol. The molecule has 0 atom stereocenters. The molecule has 1 aromatic carbocycles. The van der Waals surface area contributed by atoms with E-state index in [-0.39, 0.29) is 22.3 Å². The molecule has 0 amide bonds. The van der Waals surface area contributed by atoms with Gasteiger partial charge >= 0.3 is 11.9 Å². The second kappa shape index (κ2) is 9.36. The molecule has 30 heavy (non-hydrogen) atoms. The summed E-state index contributed by atoms with van der Waals surface area (Å²) in [4.78, 5) is 29.6. The van der Waals surface area contributed by atoms with E-state index in [1.165, 1.54) is 30.4 Å². The molecule has 2 rings (SSSR count). The van der Waals surface area contributed by atoms with Gasteiger partial charge in [-0.2, -0.15) is 13.2 Å². The van der Waals surface area contributed by atoms with Crippen LogP contribution in [0.15, 0.2) is 56.7 Å². The average Bonchev–Trinajstić information content (AvgIpc) is 2.66. The molecule has 0 aliphatic heterocycles. The number of alkyl halides is 3. The van der Waals surface area contributed by atoms with Gasteiger partial charge in [0.05, 0.1) is 16.4 Å². The Morgan fingerprint density at radius 1 is 1.30 bits per heavy atom. The summed E-state index contributed by atoms with van der Waals surface area (Å²) in [5, 5.41) is 4.17. The number of allylic oxidation sites excluding steroid dienone is 1. The Balaban J connectivity index is 2.58. The molecule has 0 radical (unpaired) electrons. The van der Waals surface area contributed by atoms with E-state index in [1.807, 2.05) is 0 Å². The van der Waals surface area contributed by atoms with E-state index < -0.39 is 23.1 Å². The van der Waals surface area contributed by atoms with Gasteiger partial charge in [-0.1, -0.05) is 41.0 Å². The standard InChI is InChI=1S/C19H16Cl2F3N3O3/c1-4-7-30-25-11(2)15(21)9-12-8-13(5-6-14(12)20)27-17(28)10-16(19(22,23)24)26(3)18(27)29/h4-6,8-10H,1,7H2,2-3H3. The highest BCUT2D eigenvalue weighted by Gasteiger charge is 2.35. The van der Waals surface area contributed by atoms with Crippen LogP contribution in [0, 0.1) is 0 Å². The van der Waals surface area contributed by atoms with Crippen LogP contribution in [-0.4, -0.2) is 21.5 Å². The van der Waals surface area contributed by atoms with E-state index in [9.17, 15) is 22.8 Å². The number of hydrogen-bond donors (Lipinski definition) is 0. The summed E-state index contributed by atoms with van der Waals surface area (Å²) in [5.74, 6) is 0. The van der Waals surface area contributed by atoms with Crippen molar-refractivity contribution in [3.8, 4) is 5.69 Å². The lowest BCUT2D eigenvalue weighted by Crippen LogP contribution is -2.40. The summed E-state index contributed by atoms with van der Waals surface area (Å²) >= 11 is 12.3. The third-order valence-electron chi connectivity index (χ3n) is 3.87. The van der Waals surface area contributed by atoms with Gasteiger partial charge in [0.2, 0.25) is 0 Å². The first kappa shape index (κ1) is 23.5. The molecule has 0 spiro atoms. The number of hydrogen-bond acceptors (Lipinski definition) is 4. The Hall–Kier alpha value is -2.78. The van der Waals surface area contributed by atoms with Crippen LogP contribution >= 0.6 is 23.2 Å². The van der Waals surface area contributed by atoms with Crippen LogP contribution in [0.3, 0.4) is 0 Å². The maximum absolute atomic E-state index is 13.0. The highest BCUT2D eigenvalue weighted by Crippen LogP contribution is 2.27. The fourth-order valence-corrected chi connectivity index (χ4v) is 2.71. The van der Waals surface area contributed by atoms with Gasteiger partial charge in [0.25, 0.3) is 5.56 Å². The quantitative estimate of drug-likeness (QED) is 0.277. The second-order valence-electron chi connectivity index (χ2n) is 6.00. The normalized spacial score (nSPS) is 12.8. The molecule has 0 aliphatic carbocycles. The highest BCUT2D eigenvalue weighted by molar-refractivity contribution is 6.45. The van der Waals surface area contributed by atoms with Crippen molar-refractivity contribution in [1.82, 2.24) is 9.13 Å². The molecule has 0 fully saturated rings. The number of aromatic nitrogens is 2. The first-order chi connectivity index (χ1) is 14.0. The molecule has 0 saturated carbocycles. The lowest BCUT2D eigenvalue weighted by molar-refractivity contribution is -0.144. The first-order valence-corrected chi connectivity index (χ1v) is 9.08. The second-order valence-corrected chi connectivity index (χ2v) is 6.82. The van der Waals surface area contributed by atoms with E-state index in [1.54, 1.807) is 6.92 Å². The Morgan fingerprint density at radius 2 is 1.97 bits per heavy atom. The SMILES string of the molecule is C=CCON=C(C)C(Cl)=Cc1cc(-n2c(=O)cc(C(F)(F)F)n(C)c2=O)ccc1Cl. The summed E-state index contributed by atoms with van der Waals surface area (Å²) in [6.07, 6.45) is -1.93. The zero-order valence-electron chi connectivity index (χ0n) is 15.8. The Morgan fingerprint density at radius 3 is 2.57 bits per heavy atom. The predicted molar refractivity (Wildman–Crippen MR) is 110 cm³/mol. The van der Waals surface area contributed by atoms with Crippen molar-refractivity contribution >= 4 is 35.0 Å². The number of benzene rings is 1. The summed E-state index contributed by atoms with van der Waals surface area (Å²) in [5.41, 5.74) is -2.99. The van der Waals surface area contributed by atoms with Gasteiger partial charge < -0.3 is 4.84 Å². The number of nitrogens with zero attached hydrogens (tertiary/aromatic N) is 3. The van der Waals surface area contributed by atoms with Crippen LogP contribution in [0.25, 0.3) is 11.8 Å². The lowest BCUT2D eigenvalue weighted by atomic mass is 10.1. The largest absolute Gasteiger partial charge is 0.431 e. The monoisotopic (exact) mass is 461 g/mol. The Kier molecular flexibility index (Phi) is 7.33. The molecule has 0 N–H and O–H groups in total. The minimum Gasteiger partial charge on any atom is -0.391 e. The fraction of sp³-hybridized carbons (Fsp3) is 0.211. The minimum atomic E-state index is -4.85. The molecule has 1 heterocycles. The topological polar surface area (TPSA) is 65.6 Å². The van der Waals surface area contributed by atoms with Gasteiger partial charge in [-0.3, -0.25) is 9.36 Å².